The number of ketones is 1. The molecule has 0 radical (unpaired) electrons. The third kappa shape index (κ3) is 5.14. The summed E-state index contributed by atoms with van der Waals surface area (Å²) in [4.78, 5) is 23.1. The fraction of sp³-hybridized carbons (Fsp3) is 0.158. The van der Waals surface area contributed by atoms with Crippen LogP contribution in [0.2, 0.25) is 0 Å². The standard InChI is InChI=1S/C19H16F2O5/c1-12(22)13-6-9-15(10-7-13)25-17(23)11-8-14-4-3-5-16(24-2)18(14)26-19(20)21/h3-11,19H,1-2H3/b11-8+. The number of carbonyl (C=O) groups excluding carboxylic acids is 2. The summed E-state index contributed by atoms with van der Waals surface area (Å²) in [5.41, 5.74) is 0.721. The molecule has 0 saturated heterocycles. The Hall–Kier alpha value is -3.22. The van der Waals surface area contributed by atoms with Gasteiger partial charge in [-0.3, -0.25) is 4.79 Å². The summed E-state index contributed by atoms with van der Waals surface area (Å²) in [6.07, 6.45) is 2.36. The van der Waals surface area contributed by atoms with E-state index in [0.717, 1.165) is 6.08 Å². The quantitative estimate of drug-likeness (QED) is 0.321. The van der Waals surface area contributed by atoms with Crippen LogP contribution in [0.25, 0.3) is 6.08 Å². The summed E-state index contributed by atoms with van der Waals surface area (Å²) in [6.45, 7) is -1.61. The molecule has 0 heterocycles. The molecule has 0 bridgehead atoms. The average Bonchev–Trinajstić information content (AvgIpc) is 2.60. The lowest BCUT2D eigenvalue weighted by atomic mass is 10.1. The van der Waals surface area contributed by atoms with Crippen LogP contribution in [0.15, 0.2) is 48.5 Å². The molecule has 0 N–H and O–H groups in total. The van der Waals surface area contributed by atoms with E-state index in [0.29, 0.717) is 5.56 Å². The first kappa shape index (κ1) is 19.1. The van der Waals surface area contributed by atoms with E-state index < -0.39 is 12.6 Å². The molecule has 5 nitrogen and oxygen atoms in total. The minimum absolute atomic E-state index is 0.104. The third-order valence-electron chi connectivity index (χ3n) is 3.31. The number of esters is 1. The first-order chi connectivity index (χ1) is 12.4. The second-order valence-electron chi connectivity index (χ2n) is 5.09. The zero-order chi connectivity index (χ0) is 19.1. The van der Waals surface area contributed by atoms with Gasteiger partial charge in [0, 0.05) is 17.2 Å². The summed E-state index contributed by atoms with van der Waals surface area (Å²) < 4.78 is 39.7. The highest BCUT2D eigenvalue weighted by molar-refractivity contribution is 5.94. The lowest BCUT2D eigenvalue weighted by molar-refractivity contribution is -0.128. The molecule has 2 rings (SSSR count). The Morgan fingerprint density at radius 2 is 1.77 bits per heavy atom. The highest BCUT2D eigenvalue weighted by atomic mass is 19.3. The van der Waals surface area contributed by atoms with Gasteiger partial charge in [-0.2, -0.15) is 8.78 Å². The van der Waals surface area contributed by atoms with Gasteiger partial charge in [-0.25, -0.2) is 4.79 Å². The number of hydrogen-bond donors (Lipinski definition) is 0. The molecule has 0 aliphatic heterocycles. The van der Waals surface area contributed by atoms with Gasteiger partial charge in [0.2, 0.25) is 0 Å². The number of benzene rings is 2. The molecule has 0 aliphatic rings. The van der Waals surface area contributed by atoms with Gasteiger partial charge in [-0.1, -0.05) is 12.1 Å². The van der Waals surface area contributed by atoms with Gasteiger partial charge in [0.05, 0.1) is 7.11 Å². The molecule has 0 saturated carbocycles. The second kappa shape index (κ2) is 8.75. The van der Waals surface area contributed by atoms with Gasteiger partial charge in [0.25, 0.3) is 0 Å². The van der Waals surface area contributed by atoms with E-state index in [2.05, 4.69) is 4.74 Å². The van der Waals surface area contributed by atoms with E-state index in [1.807, 2.05) is 0 Å². The van der Waals surface area contributed by atoms with Crippen LogP contribution in [0.1, 0.15) is 22.8 Å². The molecular formula is C19H16F2O5. The Bertz CT molecular complexity index is 813. The van der Waals surface area contributed by atoms with Crippen molar-refractivity contribution in [2.24, 2.45) is 0 Å². The van der Waals surface area contributed by atoms with Crippen molar-refractivity contribution in [2.75, 3.05) is 7.11 Å². The molecule has 0 spiro atoms. The van der Waals surface area contributed by atoms with Crippen molar-refractivity contribution in [2.45, 2.75) is 13.5 Å². The van der Waals surface area contributed by atoms with Crippen molar-refractivity contribution >= 4 is 17.8 Å². The summed E-state index contributed by atoms with van der Waals surface area (Å²) >= 11 is 0. The van der Waals surface area contributed by atoms with Gasteiger partial charge < -0.3 is 14.2 Å². The maximum Gasteiger partial charge on any atom is 0.387 e. The van der Waals surface area contributed by atoms with Crippen molar-refractivity contribution < 1.29 is 32.6 Å². The Labute approximate surface area is 148 Å². The first-order valence-corrected chi connectivity index (χ1v) is 7.53. The van der Waals surface area contributed by atoms with Crippen molar-refractivity contribution in [1.29, 1.82) is 0 Å². The number of ether oxygens (including phenoxy) is 3. The van der Waals surface area contributed by atoms with E-state index in [-0.39, 0.29) is 28.6 Å². The molecule has 0 aromatic heterocycles. The molecule has 0 aliphatic carbocycles. The highest BCUT2D eigenvalue weighted by Gasteiger charge is 2.14. The molecule has 2 aromatic carbocycles. The zero-order valence-electron chi connectivity index (χ0n) is 14.1. The lowest BCUT2D eigenvalue weighted by Gasteiger charge is -2.12. The van der Waals surface area contributed by atoms with Crippen LogP contribution in [0, 0.1) is 0 Å². The van der Waals surface area contributed by atoms with E-state index in [1.165, 1.54) is 56.5 Å². The number of Topliss-reactive ketones (excluding diaryl/α,β-unsaturated/α-hetero) is 1. The lowest BCUT2D eigenvalue weighted by Crippen LogP contribution is -2.06. The van der Waals surface area contributed by atoms with Crippen LogP contribution < -0.4 is 14.2 Å². The smallest absolute Gasteiger partial charge is 0.387 e. The van der Waals surface area contributed by atoms with Crippen LogP contribution in [0.4, 0.5) is 8.78 Å². The third-order valence-corrected chi connectivity index (χ3v) is 3.31. The summed E-state index contributed by atoms with van der Waals surface area (Å²) in [5.74, 6) is -0.640. The average molecular weight is 362 g/mol. The summed E-state index contributed by atoms with van der Waals surface area (Å²) in [5, 5.41) is 0. The van der Waals surface area contributed by atoms with Crippen molar-refractivity contribution in [1.82, 2.24) is 0 Å². The number of para-hydroxylation sites is 1. The first-order valence-electron chi connectivity index (χ1n) is 7.53. The predicted molar refractivity (Wildman–Crippen MR) is 90.7 cm³/mol. The van der Waals surface area contributed by atoms with Gasteiger partial charge in [0.1, 0.15) is 5.75 Å². The number of carbonyl (C=O) groups is 2. The zero-order valence-corrected chi connectivity index (χ0v) is 14.1. The molecule has 7 heteroatoms. The van der Waals surface area contributed by atoms with Crippen LogP contribution in [0.3, 0.4) is 0 Å². The largest absolute Gasteiger partial charge is 0.493 e. The minimum atomic E-state index is -3.04. The molecular weight excluding hydrogens is 346 g/mol. The second-order valence-corrected chi connectivity index (χ2v) is 5.09. The molecule has 2 aromatic rings. The molecule has 136 valence electrons. The SMILES string of the molecule is COc1cccc(/C=C/C(=O)Oc2ccc(C(C)=O)cc2)c1OC(F)F. The fourth-order valence-electron chi connectivity index (χ4n) is 2.11. The number of hydrogen-bond acceptors (Lipinski definition) is 5. The van der Waals surface area contributed by atoms with Gasteiger partial charge in [-0.15, -0.1) is 0 Å². The Morgan fingerprint density at radius 1 is 1.08 bits per heavy atom. The minimum Gasteiger partial charge on any atom is -0.493 e. The fourth-order valence-corrected chi connectivity index (χ4v) is 2.11. The van der Waals surface area contributed by atoms with Crippen molar-refractivity contribution in [3.63, 3.8) is 0 Å². The van der Waals surface area contributed by atoms with Crippen LogP contribution in [-0.4, -0.2) is 25.5 Å². The van der Waals surface area contributed by atoms with E-state index in [1.54, 1.807) is 6.07 Å². The number of alkyl halides is 2. The van der Waals surface area contributed by atoms with Crippen molar-refractivity contribution in [3.05, 3.63) is 59.7 Å². The number of methoxy groups -OCH3 is 1. The summed E-state index contributed by atoms with van der Waals surface area (Å²) in [7, 11) is 1.32. The Balaban J connectivity index is 2.13. The molecule has 0 amide bonds. The van der Waals surface area contributed by atoms with E-state index in [4.69, 9.17) is 9.47 Å². The van der Waals surface area contributed by atoms with Crippen LogP contribution in [-0.2, 0) is 4.79 Å². The number of rotatable bonds is 7. The van der Waals surface area contributed by atoms with Gasteiger partial charge >= 0.3 is 12.6 Å². The maximum atomic E-state index is 12.6. The van der Waals surface area contributed by atoms with Crippen molar-refractivity contribution in [3.8, 4) is 17.2 Å². The topological polar surface area (TPSA) is 61.8 Å². The predicted octanol–water partition coefficient (Wildman–Crippen LogP) is 4.12. The van der Waals surface area contributed by atoms with Gasteiger partial charge in [-0.05, 0) is 43.3 Å². The highest BCUT2D eigenvalue weighted by Crippen LogP contribution is 2.33. The van der Waals surface area contributed by atoms with Crippen LogP contribution >= 0.6 is 0 Å². The van der Waals surface area contributed by atoms with E-state index in [9.17, 15) is 18.4 Å². The van der Waals surface area contributed by atoms with E-state index >= 15 is 0 Å². The van der Waals surface area contributed by atoms with Crippen LogP contribution in [0.5, 0.6) is 17.2 Å². The molecule has 0 fully saturated rings. The number of halogens is 2. The van der Waals surface area contributed by atoms with Gasteiger partial charge in [0.15, 0.2) is 17.3 Å². The Morgan fingerprint density at radius 3 is 2.35 bits per heavy atom. The normalized spacial score (nSPS) is 10.8. The molecule has 0 unspecified atom stereocenters. The maximum absolute atomic E-state index is 12.6. The summed E-state index contributed by atoms with van der Waals surface area (Å²) in [6, 6.07) is 10.6. The Kier molecular flexibility index (Phi) is 6.43. The molecule has 0 atom stereocenters. The molecule has 26 heavy (non-hydrogen) atoms. The monoisotopic (exact) mass is 362 g/mol.